The Balaban J connectivity index is 1.56. The van der Waals surface area contributed by atoms with Crippen LogP contribution in [0.15, 0.2) is 40.6 Å². The van der Waals surface area contributed by atoms with Crippen molar-refractivity contribution in [1.29, 1.82) is 0 Å². The second-order valence-corrected chi connectivity index (χ2v) is 6.93. The van der Waals surface area contributed by atoms with Crippen molar-refractivity contribution in [3.05, 3.63) is 63.0 Å². The predicted octanol–water partition coefficient (Wildman–Crippen LogP) is 3.00. The van der Waals surface area contributed by atoms with E-state index in [4.69, 9.17) is 9.47 Å². The second kappa shape index (κ2) is 6.00. The van der Waals surface area contributed by atoms with Gasteiger partial charge in [-0.1, -0.05) is 19.1 Å². The van der Waals surface area contributed by atoms with Crippen molar-refractivity contribution in [3.63, 3.8) is 0 Å². The van der Waals surface area contributed by atoms with Gasteiger partial charge in [0.25, 0.3) is 5.56 Å². The highest BCUT2D eigenvalue weighted by atomic mass is 32.1. The minimum absolute atomic E-state index is 0.0203. The maximum Gasteiger partial charge on any atom is 0.342 e. The van der Waals surface area contributed by atoms with E-state index in [1.807, 2.05) is 19.1 Å². The summed E-state index contributed by atoms with van der Waals surface area (Å²) >= 11 is 1.35. The minimum atomic E-state index is -0.480. The van der Waals surface area contributed by atoms with Crippen LogP contribution in [0.5, 0.6) is 5.75 Å². The van der Waals surface area contributed by atoms with Gasteiger partial charge in [0.2, 0.25) is 0 Å². The van der Waals surface area contributed by atoms with E-state index in [1.54, 1.807) is 17.6 Å². The summed E-state index contributed by atoms with van der Waals surface area (Å²) in [4.78, 5) is 29.4. The normalized spacial score (nSPS) is 18.8. The number of carbonyl (C=O) groups is 1. The molecule has 0 saturated carbocycles. The van der Waals surface area contributed by atoms with Crippen molar-refractivity contribution >= 4 is 22.3 Å². The molecule has 1 aliphatic heterocycles. The molecule has 2 atom stereocenters. The molecule has 0 saturated heterocycles. The molecule has 0 aliphatic carbocycles. The smallest absolute Gasteiger partial charge is 0.342 e. The van der Waals surface area contributed by atoms with Crippen LogP contribution >= 0.6 is 11.3 Å². The molecule has 0 fully saturated rings. The van der Waals surface area contributed by atoms with Gasteiger partial charge in [-0.15, -0.1) is 11.3 Å². The molecule has 25 heavy (non-hydrogen) atoms. The average molecular weight is 356 g/mol. The van der Waals surface area contributed by atoms with Gasteiger partial charge in [-0.2, -0.15) is 0 Å². The molecule has 0 unspecified atom stereocenters. The highest BCUT2D eigenvalue weighted by molar-refractivity contribution is 7.15. The van der Waals surface area contributed by atoms with E-state index in [0.717, 1.165) is 5.56 Å². The molecule has 0 amide bonds. The lowest BCUT2D eigenvalue weighted by atomic mass is 9.97. The van der Waals surface area contributed by atoms with Gasteiger partial charge in [0.15, 0.2) is 4.96 Å². The predicted molar refractivity (Wildman–Crippen MR) is 93.4 cm³/mol. The third kappa shape index (κ3) is 2.70. The number of nitrogens with zero attached hydrogens (tertiary/aromatic N) is 2. The summed E-state index contributed by atoms with van der Waals surface area (Å²) in [6.45, 7) is 3.99. The molecule has 3 heterocycles. The van der Waals surface area contributed by atoms with Crippen molar-refractivity contribution in [1.82, 2.24) is 9.38 Å². The third-order valence-electron chi connectivity index (χ3n) is 4.47. The summed E-state index contributed by atoms with van der Waals surface area (Å²) < 4.78 is 12.6. The van der Waals surface area contributed by atoms with Gasteiger partial charge in [0.05, 0.1) is 5.69 Å². The lowest BCUT2D eigenvalue weighted by Crippen LogP contribution is -2.15. The van der Waals surface area contributed by atoms with Gasteiger partial charge in [0, 0.05) is 29.1 Å². The van der Waals surface area contributed by atoms with Crippen molar-refractivity contribution in [2.45, 2.75) is 32.5 Å². The molecule has 0 radical (unpaired) electrons. The van der Waals surface area contributed by atoms with Crippen LogP contribution in [0.3, 0.4) is 0 Å². The van der Waals surface area contributed by atoms with Crippen molar-refractivity contribution in [2.24, 2.45) is 0 Å². The Morgan fingerprint density at radius 2 is 2.24 bits per heavy atom. The SMILES string of the molecule is C[C@@H]1Oc2c(C(=O)OCc3cc(=O)n4ccsc4n3)cccc2[C@H]1C. The Morgan fingerprint density at radius 1 is 1.40 bits per heavy atom. The third-order valence-corrected chi connectivity index (χ3v) is 5.23. The fourth-order valence-electron chi connectivity index (χ4n) is 2.93. The van der Waals surface area contributed by atoms with Gasteiger partial charge in [0.1, 0.15) is 24.0 Å². The highest BCUT2D eigenvalue weighted by Gasteiger charge is 2.31. The summed E-state index contributed by atoms with van der Waals surface area (Å²) in [5, 5.41) is 1.78. The van der Waals surface area contributed by atoms with Crippen molar-refractivity contribution in [3.8, 4) is 5.75 Å². The number of hydrogen-bond acceptors (Lipinski definition) is 6. The zero-order chi connectivity index (χ0) is 17.6. The Labute approximate surface area is 147 Å². The van der Waals surface area contributed by atoms with Gasteiger partial charge in [-0.3, -0.25) is 9.20 Å². The fourth-order valence-corrected chi connectivity index (χ4v) is 3.66. The van der Waals surface area contributed by atoms with Gasteiger partial charge >= 0.3 is 5.97 Å². The Hall–Kier alpha value is -2.67. The number of aromatic nitrogens is 2. The number of thiazole rings is 1. The molecule has 0 bridgehead atoms. The van der Waals surface area contributed by atoms with Crippen LogP contribution in [-0.4, -0.2) is 21.5 Å². The first-order valence-electron chi connectivity index (χ1n) is 7.97. The molecule has 0 N–H and O–H groups in total. The van der Waals surface area contributed by atoms with Gasteiger partial charge < -0.3 is 9.47 Å². The highest BCUT2D eigenvalue weighted by Crippen LogP contribution is 2.40. The lowest BCUT2D eigenvalue weighted by molar-refractivity contribution is 0.0462. The molecule has 1 aromatic carbocycles. The quantitative estimate of drug-likeness (QED) is 0.675. The number of benzene rings is 1. The molecule has 128 valence electrons. The number of carbonyl (C=O) groups excluding carboxylic acids is 1. The Kier molecular flexibility index (Phi) is 3.80. The number of hydrogen-bond donors (Lipinski definition) is 0. The summed E-state index contributed by atoms with van der Waals surface area (Å²) in [5.74, 6) is 0.339. The minimum Gasteiger partial charge on any atom is -0.489 e. The van der Waals surface area contributed by atoms with Crippen LogP contribution in [0, 0.1) is 0 Å². The lowest BCUT2D eigenvalue weighted by Gasteiger charge is -2.09. The second-order valence-electron chi connectivity index (χ2n) is 6.05. The molecule has 6 nitrogen and oxygen atoms in total. The number of fused-ring (bicyclic) bond motifs is 2. The molecule has 0 spiro atoms. The number of ether oxygens (including phenoxy) is 2. The first-order valence-corrected chi connectivity index (χ1v) is 8.85. The van der Waals surface area contributed by atoms with Gasteiger partial charge in [-0.25, -0.2) is 9.78 Å². The number of esters is 1. The monoisotopic (exact) mass is 356 g/mol. The molecular formula is C18H16N2O4S. The Morgan fingerprint density at radius 3 is 3.08 bits per heavy atom. The van der Waals surface area contributed by atoms with Crippen molar-refractivity contribution < 1.29 is 14.3 Å². The standard InChI is InChI=1S/C18H16N2O4S/c1-10-11(2)24-16-13(10)4-3-5-14(16)17(22)23-9-12-8-15(21)20-6-7-25-18(20)19-12/h3-8,10-11H,9H2,1-2H3/t10-,11-/m0/s1. The van der Waals surface area contributed by atoms with E-state index in [0.29, 0.717) is 22.0 Å². The molecular weight excluding hydrogens is 340 g/mol. The van der Waals surface area contributed by atoms with E-state index in [-0.39, 0.29) is 24.2 Å². The molecule has 3 aromatic rings. The largest absolute Gasteiger partial charge is 0.489 e. The van der Waals surface area contributed by atoms with E-state index < -0.39 is 5.97 Å². The van der Waals surface area contributed by atoms with Crippen LogP contribution in [-0.2, 0) is 11.3 Å². The Bertz CT molecular complexity index is 1020. The zero-order valence-electron chi connectivity index (χ0n) is 13.8. The number of rotatable bonds is 3. The van der Waals surface area contributed by atoms with Gasteiger partial charge in [-0.05, 0) is 13.0 Å². The van der Waals surface area contributed by atoms with E-state index in [2.05, 4.69) is 11.9 Å². The zero-order valence-corrected chi connectivity index (χ0v) is 14.6. The number of para-hydroxylation sites is 1. The van der Waals surface area contributed by atoms with E-state index in [1.165, 1.54) is 21.8 Å². The van der Waals surface area contributed by atoms with Crippen molar-refractivity contribution in [2.75, 3.05) is 0 Å². The van der Waals surface area contributed by atoms with E-state index >= 15 is 0 Å². The molecule has 7 heteroatoms. The van der Waals surface area contributed by atoms with Crippen LogP contribution in [0.25, 0.3) is 4.96 Å². The van der Waals surface area contributed by atoms with Crippen LogP contribution in [0.2, 0.25) is 0 Å². The molecule has 1 aliphatic rings. The average Bonchev–Trinajstić information content (AvgIpc) is 3.18. The van der Waals surface area contributed by atoms with Crippen LogP contribution in [0.1, 0.15) is 41.4 Å². The summed E-state index contributed by atoms with van der Waals surface area (Å²) in [6, 6.07) is 6.86. The maximum absolute atomic E-state index is 12.5. The van der Waals surface area contributed by atoms with Crippen LogP contribution < -0.4 is 10.3 Å². The first-order chi connectivity index (χ1) is 12.0. The van der Waals surface area contributed by atoms with E-state index in [9.17, 15) is 9.59 Å². The fraction of sp³-hybridized carbons (Fsp3) is 0.278. The van der Waals surface area contributed by atoms with Crippen LogP contribution in [0.4, 0.5) is 0 Å². The maximum atomic E-state index is 12.5. The molecule has 4 rings (SSSR count). The summed E-state index contributed by atoms with van der Waals surface area (Å²) in [6.07, 6.45) is 1.69. The molecule has 2 aromatic heterocycles. The summed E-state index contributed by atoms with van der Waals surface area (Å²) in [7, 11) is 0. The topological polar surface area (TPSA) is 69.9 Å². The summed E-state index contributed by atoms with van der Waals surface area (Å²) in [5.41, 5.74) is 1.65. The first kappa shape index (κ1) is 15.8.